The van der Waals surface area contributed by atoms with Crippen molar-refractivity contribution in [3.63, 3.8) is 0 Å². The number of hydrazine groups is 1. The fraction of sp³-hybridized carbons (Fsp3) is 0.273. The number of nitrogens with two attached hydrogens (primary N) is 1. The fourth-order valence-electron chi connectivity index (χ4n) is 1.71. The van der Waals surface area contributed by atoms with Crippen molar-refractivity contribution in [3.05, 3.63) is 30.0 Å². The minimum absolute atomic E-state index is 0.777. The normalized spacial score (nSPS) is 10.8. The molecule has 0 saturated heterocycles. The Kier molecular flexibility index (Phi) is 2.89. The van der Waals surface area contributed by atoms with E-state index in [0.717, 1.165) is 24.2 Å². The van der Waals surface area contributed by atoms with Crippen molar-refractivity contribution in [2.75, 3.05) is 13.7 Å². The third-order valence-corrected chi connectivity index (χ3v) is 2.51. The maximum Gasteiger partial charge on any atom is 0.120 e. The Balaban J connectivity index is 2.34. The van der Waals surface area contributed by atoms with Gasteiger partial charge in [-0.3, -0.25) is 11.3 Å². The number of methoxy groups -OCH3 is 1. The third-order valence-electron chi connectivity index (χ3n) is 2.51. The zero-order valence-electron chi connectivity index (χ0n) is 8.71. The van der Waals surface area contributed by atoms with Crippen molar-refractivity contribution in [3.8, 4) is 5.75 Å². The largest absolute Gasteiger partial charge is 0.497 e. The summed E-state index contributed by atoms with van der Waals surface area (Å²) < 4.78 is 5.16. The molecule has 0 aliphatic heterocycles. The van der Waals surface area contributed by atoms with Crippen molar-refractivity contribution in [1.82, 2.24) is 10.4 Å². The lowest BCUT2D eigenvalue weighted by Gasteiger charge is -2.00. The number of fused-ring (bicyclic) bond motifs is 1. The van der Waals surface area contributed by atoms with E-state index in [0.29, 0.717) is 0 Å². The Hall–Kier alpha value is -1.52. The van der Waals surface area contributed by atoms with Gasteiger partial charge in [0.15, 0.2) is 0 Å². The second-order valence-corrected chi connectivity index (χ2v) is 3.43. The van der Waals surface area contributed by atoms with E-state index in [9.17, 15) is 0 Å². The van der Waals surface area contributed by atoms with E-state index in [4.69, 9.17) is 10.6 Å². The first-order valence-corrected chi connectivity index (χ1v) is 4.92. The molecule has 2 rings (SSSR count). The Morgan fingerprint density at radius 2 is 2.33 bits per heavy atom. The Morgan fingerprint density at radius 1 is 1.47 bits per heavy atom. The third kappa shape index (κ3) is 1.95. The zero-order chi connectivity index (χ0) is 10.7. The van der Waals surface area contributed by atoms with Gasteiger partial charge in [0, 0.05) is 29.7 Å². The molecule has 2 aromatic rings. The highest BCUT2D eigenvalue weighted by Gasteiger charge is 2.03. The van der Waals surface area contributed by atoms with Crippen molar-refractivity contribution in [1.29, 1.82) is 0 Å². The molecule has 0 aliphatic rings. The second kappa shape index (κ2) is 4.33. The highest BCUT2D eigenvalue weighted by Crippen LogP contribution is 2.23. The number of rotatable bonds is 4. The molecule has 1 aromatic carbocycles. The summed E-state index contributed by atoms with van der Waals surface area (Å²) in [6.07, 6.45) is 2.93. The van der Waals surface area contributed by atoms with Gasteiger partial charge in [-0.2, -0.15) is 0 Å². The number of benzene rings is 1. The van der Waals surface area contributed by atoms with E-state index in [1.807, 2.05) is 18.3 Å². The van der Waals surface area contributed by atoms with E-state index in [-0.39, 0.29) is 0 Å². The summed E-state index contributed by atoms with van der Waals surface area (Å²) in [5, 5.41) is 1.23. The summed E-state index contributed by atoms with van der Waals surface area (Å²) in [4.78, 5) is 3.22. The lowest BCUT2D eigenvalue weighted by Crippen LogP contribution is -2.24. The Labute approximate surface area is 88.4 Å². The van der Waals surface area contributed by atoms with Crippen LogP contribution in [-0.4, -0.2) is 18.6 Å². The molecule has 4 nitrogen and oxygen atoms in total. The molecule has 1 heterocycles. The molecular formula is C11H15N3O. The van der Waals surface area contributed by atoms with Crippen molar-refractivity contribution >= 4 is 10.9 Å². The Bertz CT molecular complexity index is 450. The van der Waals surface area contributed by atoms with Crippen molar-refractivity contribution < 1.29 is 4.74 Å². The fourth-order valence-corrected chi connectivity index (χ4v) is 1.71. The minimum atomic E-state index is 0.777. The molecule has 0 atom stereocenters. The topological polar surface area (TPSA) is 63.1 Å². The van der Waals surface area contributed by atoms with E-state index < -0.39 is 0 Å². The molecule has 15 heavy (non-hydrogen) atoms. The second-order valence-electron chi connectivity index (χ2n) is 3.43. The van der Waals surface area contributed by atoms with Gasteiger partial charge in [-0.1, -0.05) is 0 Å². The number of ether oxygens (including phenoxy) is 1. The molecule has 80 valence electrons. The van der Waals surface area contributed by atoms with Crippen LogP contribution in [-0.2, 0) is 6.42 Å². The molecular weight excluding hydrogens is 190 g/mol. The molecule has 4 heteroatoms. The number of nitrogens with one attached hydrogen (secondary N) is 2. The highest BCUT2D eigenvalue weighted by molar-refractivity contribution is 5.84. The van der Waals surface area contributed by atoms with E-state index in [1.54, 1.807) is 7.11 Å². The first-order valence-electron chi connectivity index (χ1n) is 4.92. The highest BCUT2D eigenvalue weighted by atomic mass is 16.5. The molecule has 4 N–H and O–H groups in total. The summed E-state index contributed by atoms with van der Waals surface area (Å²) in [7, 11) is 1.67. The van der Waals surface area contributed by atoms with Gasteiger partial charge >= 0.3 is 0 Å². The maximum atomic E-state index is 5.25. The van der Waals surface area contributed by atoms with Crippen molar-refractivity contribution in [2.45, 2.75) is 6.42 Å². The van der Waals surface area contributed by atoms with E-state index in [1.165, 1.54) is 10.9 Å². The molecule has 1 aromatic heterocycles. The molecule has 0 spiro atoms. The van der Waals surface area contributed by atoms with Crippen LogP contribution < -0.4 is 16.0 Å². The lowest BCUT2D eigenvalue weighted by molar-refractivity contribution is 0.415. The average molecular weight is 205 g/mol. The van der Waals surface area contributed by atoms with Crippen LogP contribution in [0.15, 0.2) is 24.4 Å². The smallest absolute Gasteiger partial charge is 0.120 e. The van der Waals surface area contributed by atoms with Crippen LogP contribution in [0.5, 0.6) is 5.75 Å². The number of hydrogen-bond acceptors (Lipinski definition) is 3. The minimum Gasteiger partial charge on any atom is -0.497 e. The summed E-state index contributed by atoms with van der Waals surface area (Å²) >= 11 is 0. The molecule has 0 amide bonds. The molecule has 0 fully saturated rings. The summed E-state index contributed by atoms with van der Waals surface area (Å²) in [6, 6.07) is 6.03. The molecule has 0 bridgehead atoms. The van der Waals surface area contributed by atoms with Crippen LogP contribution in [0.25, 0.3) is 10.9 Å². The number of aromatic amines is 1. The standard InChI is InChI=1S/C11H15N3O/c1-15-9-2-3-10-8(4-5-14-12)7-13-11(10)6-9/h2-3,6-7,13-14H,4-5,12H2,1H3. The zero-order valence-corrected chi connectivity index (χ0v) is 8.71. The molecule has 0 saturated carbocycles. The van der Waals surface area contributed by atoms with Gasteiger partial charge in [0.05, 0.1) is 7.11 Å². The van der Waals surface area contributed by atoms with Gasteiger partial charge in [0.1, 0.15) is 5.75 Å². The van der Waals surface area contributed by atoms with Gasteiger partial charge in [-0.15, -0.1) is 0 Å². The van der Waals surface area contributed by atoms with Crippen LogP contribution in [0.2, 0.25) is 0 Å². The quantitative estimate of drug-likeness (QED) is 0.519. The SMILES string of the molecule is COc1ccc2c(CCNN)c[nH]c2c1. The Morgan fingerprint density at radius 3 is 3.07 bits per heavy atom. The monoisotopic (exact) mass is 205 g/mol. The van der Waals surface area contributed by atoms with Gasteiger partial charge in [-0.05, 0) is 24.1 Å². The molecule has 0 radical (unpaired) electrons. The number of H-pyrrole nitrogens is 1. The van der Waals surface area contributed by atoms with Crippen LogP contribution in [0.4, 0.5) is 0 Å². The lowest BCUT2D eigenvalue weighted by atomic mass is 10.1. The van der Waals surface area contributed by atoms with Gasteiger partial charge in [0.2, 0.25) is 0 Å². The van der Waals surface area contributed by atoms with E-state index >= 15 is 0 Å². The maximum absolute atomic E-state index is 5.25. The predicted octanol–water partition coefficient (Wildman–Crippen LogP) is 1.18. The predicted molar refractivity (Wildman–Crippen MR) is 60.7 cm³/mol. The summed E-state index contributed by atoms with van der Waals surface area (Å²) in [5.74, 6) is 6.12. The number of aromatic nitrogens is 1. The van der Waals surface area contributed by atoms with E-state index in [2.05, 4.69) is 16.5 Å². The van der Waals surface area contributed by atoms with Crippen LogP contribution in [0, 0.1) is 0 Å². The van der Waals surface area contributed by atoms with Gasteiger partial charge in [-0.25, -0.2) is 0 Å². The number of hydrogen-bond donors (Lipinski definition) is 3. The first kappa shape index (κ1) is 10.0. The van der Waals surface area contributed by atoms with Gasteiger partial charge in [0.25, 0.3) is 0 Å². The van der Waals surface area contributed by atoms with Crippen LogP contribution in [0.3, 0.4) is 0 Å². The van der Waals surface area contributed by atoms with Gasteiger partial charge < -0.3 is 9.72 Å². The van der Waals surface area contributed by atoms with Crippen LogP contribution in [0.1, 0.15) is 5.56 Å². The summed E-state index contributed by atoms with van der Waals surface area (Å²) in [6.45, 7) is 0.777. The first-order chi connectivity index (χ1) is 7.35. The average Bonchev–Trinajstić information content (AvgIpc) is 2.68. The molecule has 0 aliphatic carbocycles. The summed E-state index contributed by atoms with van der Waals surface area (Å²) in [5.41, 5.74) is 5.02. The van der Waals surface area contributed by atoms with Crippen molar-refractivity contribution in [2.24, 2.45) is 5.84 Å². The molecule has 0 unspecified atom stereocenters. The van der Waals surface area contributed by atoms with Crippen LogP contribution >= 0.6 is 0 Å².